The average molecular weight is 440 g/mol. The molecule has 0 saturated carbocycles. The summed E-state index contributed by atoms with van der Waals surface area (Å²) in [5.74, 6) is 2.05. The fourth-order valence-corrected chi connectivity index (χ4v) is 3.60. The van der Waals surface area contributed by atoms with Gasteiger partial charge in [-0.2, -0.15) is 5.10 Å². The van der Waals surface area contributed by atoms with Gasteiger partial charge in [-0.05, 0) is 26.0 Å². The number of hydrogen-bond donors (Lipinski definition) is 1. The third-order valence-electron chi connectivity index (χ3n) is 5.29. The van der Waals surface area contributed by atoms with Gasteiger partial charge in [-0.15, -0.1) is 0 Å². The van der Waals surface area contributed by atoms with Crippen LogP contribution >= 0.6 is 0 Å². The van der Waals surface area contributed by atoms with Crippen LogP contribution in [0.5, 0.6) is 17.4 Å². The Morgan fingerprint density at radius 1 is 1.03 bits per heavy atom. The SMILES string of the molecule is COCC(O)CN(Cc1c(-c2ccccc2)nn(C)c1Oc1cccc(OC)c1)C(C)C. The zero-order valence-electron chi connectivity index (χ0n) is 19.5. The first-order chi connectivity index (χ1) is 15.4. The third-order valence-corrected chi connectivity index (χ3v) is 5.29. The maximum Gasteiger partial charge on any atom is 0.222 e. The Kier molecular flexibility index (Phi) is 8.27. The summed E-state index contributed by atoms with van der Waals surface area (Å²) in [6.45, 7) is 5.55. The Morgan fingerprint density at radius 3 is 2.41 bits per heavy atom. The normalized spacial score (nSPS) is 12.4. The van der Waals surface area contributed by atoms with Gasteiger partial charge >= 0.3 is 0 Å². The minimum Gasteiger partial charge on any atom is -0.497 e. The second-order valence-electron chi connectivity index (χ2n) is 8.04. The Balaban J connectivity index is 2.01. The van der Waals surface area contributed by atoms with E-state index in [1.165, 1.54) is 0 Å². The number of aliphatic hydroxyl groups excluding tert-OH is 1. The molecule has 3 rings (SSSR count). The monoisotopic (exact) mass is 439 g/mol. The summed E-state index contributed by atoms with van der Waals surface area (Å²) < 4.78 is 18.6. The molecule has 0 saturated heterocycles. The largest absolute Gasteiger partial charge is 0.497 e. The molecule has 1 N–H and O–H groups in total. The first-order valence-electron chi connectivity index (χ1n) is 10.8. The number of ether oxygens (including phenoxy) is 3. The molecule has 1 atom stereocenters. The average Bonchev–Trinajstić information content (AvgIpc) is 3.09. The van der Waals surface area contributed by atoms with E-state index in [2.05, 4.69) is 18.7 Å². The molecule has 0 aliphatic rings. The highest BCUT2D eigenvalue weighted by molar-refractivity contribution is 5.65. The number of methoxy groups -OCH3 is 2. The number of nitrogens with zero attached hydrogens (tertiary/aromatic N) is 3. The van der Waals surface area contributed by atoms with Gasteiger partial charge < -0.3 is 19.3 Å². The lowest BCUT2D eigenvalue weighted by Gasteiger charge is -2.29. The van der Waals surface area contributed by atoms with Crippen LogP contribution in [0.25, 0.3) is 11.3 Å². The summed E-state index contributed by atoms with van der Waals surface area (Å²) in [7, 11) is 5.11. The molecule has 172 valence electrons. The Morgan fingerprint density at radius 2 is 1.75 bits per heavy atom. The first-order valence-corrected chi connectivity index (χ1v) is 10.8. The Bertz CT molecular complexity index is 988. The van der Waals surface area contributed by atoms with Crippen LogP contribution in [0.4, 0.5) is 0 Å². The molecule has 7 heteroatoms. The lowest BCUT2D eigenvalue weighted by atomic mass is 10.1. The molecule has 3 aromatic rings. The predicted octanol–water partition coefficient (Wildman–Crippen LogP) is 4.11. The molecule has 1 aromatic heterocycles. The van der Waals surface area contributed by atoms with Crippen molar-refractivity contribution < 1.29 is 19.3 Å². The smallest absolute Gasteiger partial charge is 0.222 e. The Hall–Kier alpha value is -2.87. The summed E-state index contributed by atoms with van der Waals surface area (Å²) in [4.78, 5) is 2.20. The molecule has 7 nitrogen and oxygen atoms in total. The van der Waals surface area contributed by atoms with E-state index in [-0.39, 0.29) is 12.6 Å². The fraction of sp³-hybridized carbons (Fsp3) is 0.400. The minimum absolute atomic E-state index is 0.204. The van der Waals surface area contributed by atoms with E-state index in [9.17, 15) is 5.11 Å². The van der Waals surface area contributed by atoms with E-state index in [1.807, 2.05) is 61.6 Å². The topological polar surface area (TPSA) is 69.0 Å². The van der Waals surface area contributed by atoms with Gasteiger partial charge in [-0.25, -0.2) is 4.68 Å². The highest BCUT2D eigenvalue weighted by atomic mass is 16.5. The summed E-state index contributed by atoms with van der Waals surface area (Å²) >= 11 is 0. The van der Waals surface area contributed by atoms with Crippen molar-refractivity contribution in [2.75, 3.05) is 27.4 Å². The molecule has 1 heterocycles. The van der Waals surface area contributed by atoms with Crippen molar-refractivity contribution in [1.82, 2.24) is 14.7 Å². The van der Waals surface area contributed by atoms with E-state index in [4.69, 9.17) is 19.3 Å². The number of aryl methyl sites for hydroxylation is 1. The molecule has 0 fully saturated rings. The standard InChI is InChI=1S/C25H33N3O4/c1-18(2)28(15-20(29)17-30-4)16-23-24(19-10-7-6-8-11-19)26-27(3)25(23)32-22-13-9-12-21(14-22)31-5/h6-14,18,20,29H,15-17H2,1-5H3. The molecule has 0 aliphatic carbocycles. The van der Waals surface area contributed by atoms with Crippen molar-refractivity contribution in [3.8, 4) is 28.6 Å². The molecule has 0 aliphatic heterocycles. The van der Waals surface area contributed by atoms with Crippen LogP contribution in [0, 0.1) is 0 Å². The van der Waals surface area contributed by atoms with Gasteiger partial charge in [-0.3, -0.25) is 4.90 Å². The number of aliphatic hydroxyl groups is 1. The molecule has 1 unspecified atom stereocenters. The summed E-state index contributed by atoms with van der Waals surface area (Å²) in [6.07, 6.45) is -0.581. The van der Waals surface area contributed by atoms with E-state index in [0.717, 1.165) is 22.6 Å². The molecule has 2 aromatic carbocycles. The lowest BCUT2D eigenvalue weighted by Crippen LogP contribution is -2.38. The van der Waals surface area contributed by atoms with Crippen molar-refractivity contribution in [2.45, 2.75) is 32.5 Å². The van der Waals surface area contributed by atoms with E-state index >= 15 is 0 Å². The van der Waals surface area contributed by atoms with Crippen LogP contribution in [0.15, 0.2) is 54.6 Å². The minimum atomic E-state index is -0.581. The fourth-order valence-electron chi connectivity index (χ4n) is 3.60. The van der Waals surface area contributed by atoms with Crippen molar-refractivity contribution >= 4 is 0 Å². The van der Waals surface area contributed by atoms with E-state index in [0.29, 0.717) is 24.7 Å². The van der Waals surface area contributed by atoms with Gasteiger partial charge in [0.2, 0.25) is 5.88 Å². The van der Waals surface area contributed by atoms with Crippen LogP contribution in [-0.2, 0) is 18.3 Å². The van der Waals surface area contributed by atoms with Crippen molar-refractivity contribution in [3.63, 3.8) is 0 Å². The van der Waals surface area contributed by atoms with Crippen LogP contribution in [-0.4, -0.2) is 59.3 Å². The van der Waals surface area contributed by atoms with Gasteiger partial charge in [0.1, 0.15) is 17.2 Å². The molecule has 32 heavy (non-hydrogen) atoms. The maximum absolute atomic E-state index is 10.4. The van der Waals surface area contributed by atoms with Crippen LogP contribution in [0.1, 0.15) is 19.4 Å². The van der Waals surface area contributed by atoms with Gasteiger partial charge in [-0.1, -0.05) is 36.4 Å². The highest BCUT2D eigenvalue weighted by Crippen LogP contribution is 2.35. The first kappa shape index (κ1) is 23.8. The predicted molar refractivity (Wildman–Crippen MR) is 125 cm³/mol. The lowest BCUT2D eigenvalue weighted by molar-refractivity contribution is 0.0278. The molecular weight excluding hydrogens is 406 g/mol. The quantitative estimate of drug-likeness (QED) is 0.485. The second-order valence-corrected chi connectivity index (χ2v) is 8.04. The van der Waals surface area contributed by atoms with Gasteiger partial charge in [0.15, 0.2) is 0 Å². The van der Waals surface area contributed by atoms with Gasteiger partial charge in [0.25, 0.3) is 0 Å². The van der Waals surface area contributed by atoms with Crippen LogP contribution < -0.4 is 9.47 Å². The molecule has 0 spiro atoms. The zero-order chi connectivity index (χ0) is 23.1. The van der Waals surface area contributed by atoms with Gasteiger partial charge in [0.05, 0.1) is 25.4 Å². The van der Waals surface area contributed by atoms with Crippen molar-refractivity contribution in [2.24, 2.45) is 7.05 Å². The summed E-state index contributed by atoms with van der Waals surface area (Å²) in [6, 6.07) is 17.8. The summed E-state index contributed by atoms with van der Waals surface area (Å²) in [5, 5.41) is 15.2. The van der Waals surface area contributed by atoms with Crippen LogP contribution in [0.3, 0.4) is 0 Å². The van der Waals surface area contributed by atoms with Crippen molar-refractivity contribution in [3.05, 3.63) is 60.2 Å². The number of benzene rings is 2. The van der Waals surface area contributed by atoms with Crippen molar-refractivity contribution in [1.29, 1.82) is 0 Å². The van der Waals surface area contributed by atoms with E-state index in [1.54, 1.807) is 18.9 Å². The maximum atomic E-state index is 10.4. The molecule has 0 radical (unpaired) electrons. The second kappa shape index (κ2) is 11.1. The van der Waals surface area contributed by atoms with Crippen LogP contribution in [0.2, 0.25) is 0 Å². The Labute approximate surface area is 190 Å². The van der Waals surface area contributed by atoms with Gasteiger partial charge in [0, 0.05) is 44.9 Å². The highest BCUT2D eigenvalue weighted by Gasteiger charge is 2.24. The number of rotatable bonds is 11. The molecule has 0 amide bonds. The molecular formula is C25H33N3O4. The summed E-state index contributed by atoms with van der Waals surface area (Å²) in [5.41, 5.74) is 2.83. The third kappa shape index (κ3) is 5.88. The number of hydrogen-bond acceptors (Lipinski definition) is 6. The molecule has 0 bridgehead atoms. The number of aromatic nitrogens is 2. The zero-order valence-corrected chi connectivity index (χ0v) is 19.5. The van der Waals surface area contributed by atoms with E-state index < -0.39 is 6.10 Å².